The Morgan fingerprint density at radius 2 is 1.17 bits per heavy atom. The molecule has 2 saturated heterocycles. The zero-order valence-electron chi connectivity index (χ0n) is 41.7. The van der Waals surface area contributed by atoms with Crippen molar-refractivity contribution in [3.63, 3.8) is 0 Å². The van der Waals surface area contributed by atoms with E-state index < -0.39 is 34.5 Å². The van der Waals surface area contributed by atoms with Gasteiger partial charge in [0.15, 0.2) is 0 Å². The van der Waals surface area contributed by atoms with Crippen LogP contribution >= 0.6 is 0 Å². The van der Waals surface area contributed by atoms with E-state index >= 15 is 0 Å². The first kappa shape index (κ1) is 49.9. The summed E-state index contributed by atoms with van der Waals surface area (Å²) in [6.45, 7) is 21.2. The van der Waals surface area contributed by atoms with E-state index in [1.54, 1.807) is 28.4 Å². The number of amides is 2. The highest BCUT2D eigenvalue weighted by atomic mass is 16.6. The molecule has 0 radical (unpaired) electrons. The second-order valence-electron chi connectivity index (χ2n) is 23.7. The molecular weight excluding hydrogens is 813 g/mol. The molecule has 0 aromatic heterocycles. The van der Waals surface area contributed by atoms with Crippen molar-refractivity contribution in [2.24, 2.45) is 79.8 Å². The number of methoxy groups -OCH3 is 4. The fourth-order valence-corrected chi connectivity index (χ4v) is 16.7. The minimum atomic E-state index is -0.691. The van der Waals surface area contributed by atoms with Gasteiger partial charge in [-0.25, -0.2) is 4.79 Å². The quantitative estimate of drug-likeness (QED) is 0.220. The fraction of sp³-hybridized carbons (Fsp3) is 0.923. The first-order valence-electron chi connectivity index (χ1n) is 25.2. The molecule has 2 N–H and O–H groups in total. The van der Waals surface area contributed by atoms with Crippen LogP contribution in [0, 0.1) is 79.8 Å². The maximum Gasteiger partial charge on any atom is 0.414 e. The second-order valence-corrected chi connectivity index (χ2v) is 23.7. The van der Waals surface area contributed by atoms with Crippen LogP contribution in [0.25, 0.3) is 0 Å². The summed E-state index contributed by atoms with van der Waals surface area (Å²) < 4.78 is 29.1. The lowest BCUT2D eigenvalue weighted by atomic mass is 9.44. The van der Waals surface area contributed by atoms with Gasteiger partial charge in [-0.3, -0.25) is 19.7 Å². The number of nitrogens with one attached hydrogen (secondary N) is 1. The third-order valence-electron chi connectivity index (χ3n) is 21.2. The van der Waals surface area contributed by atoms with Crippen LogP contribution in [0.3, 0.4) is 0 Å². The molecular formula is C52H86N2O10. The van der Waals surface area contributed by atoms with Crippen molar-refractivity contribution in [1.29, 1.82) is 0 Å². The zero-order valence-corrected chi connectivity index (χ0v) is 41.7. The molecule has 12 nitrogen and oxygen atoms in total. The van der Waals surface area contributed by atoms with Gasteiger partial charge < -0.3 is 33.7 Å². The van der Waals surface area contributed by atoms with Crippen molar-refractivity contribution in [3.8, 4) is 0 Å². The molecule has 8 aliphatic rings. The van der Waals surface area contributed by atoms with Crippen molar-refractivity contribution in [2.45, 2.75) is 163 Å². The standard InChI is InChI=1S/C30H48N2O6.C22H38O4/c1-18-7-10-30-11-8-22(37-6)24(30)29(18,4)23(15-28(3,12-14-36-5)25(33)19(30)2)38-27(35)31-26(34)21-17-32-13-9-20(21)16-32;1-14-7-9-22-10-8-16(26-6)18(22)21(14,4)17(23)13-20(3,11-12-25-5)19(24)15(22)2/h18-24H,7-17H2,1-6H3,(H,31,34,35);14-18,23H,7-13H2,1-6H3/t18-,19+,20-,21+,22-,23-,24?,28-,29+,30?;14-,15+,16-,17-,18?,20-,21+,22?/m11/s1. The number of alkyl carbamates (subject to hydrolysis) is 1. The summed E-state index contributed by atoms with van der Waals surface area (Å²) in [5.41, 5.74) is -2.02. The number of aliphatic hydroxyl groups is 1. The monoisotopic (exact) mass is 899 g/mol. The van der Waals surface area contributed by atoms with Crippen LogP contribution in [-0.2, 0) is 38.1 Å². The minimum absolute atomic E-state index is 0.00818. The van der Waals surface area contributed by atoms with Crippen LogP contribution < -0.4 is 5.32 Å². The van der Waals surface area contributed by atoms with E-state index in [-0.39, 0.29) is 75.7 Å². The van der Waals surface area contributed by atoms with Crippen molar-refractivity contribution in [2.75, 3.05) is 61.3 Å². The molecule has 0 aromatic carbocycles. The normalized spacial score (nSPS) is 49.4. The van der Waals surface area contributed by atoms with Crippen LogP contribution in [0.1, 0.15) is 139 Å². The average Bonchev–Trinajstić information content (AvgIpc) is 4.09. The number of ketones is 2. The molecule has 6 saturated carbocycles. The molecule has 2 amide bonds. The molecule has 5 unspecified atom stereocenters. The number of hydrogen-bond donors (Lipinski definition) is 2. The Morgan fingerprint density at radius 3 is 1.64 bits per heavy atom. The number of hydrogen-bond acceptors (Lipinski definition) is 11. The molecule has 19 atom stereocenters. The SMILES string of the molecule is COCC[C@]1(C)C[C@@H](O)[C@@]2(C)C3[C@H](OC)CCC3(CC[C@H]2C)[C@@H](C)C1=O.COCC[C@]1(C)C[C@@H](OC(=O)NC(=O)[C@H]2CN3CC[C@@H]2C3)[C@@]2(C)C3[C@H](OC)CCC3(CC[C@H]2C)[C@@H](C)C1=O. The Hall–Kier alpha value is -1.96. The Balaban J connectivity index is 0.000000206. The van der Waals surface area contributed by atoms with Gasteiger partial charge in [0.25, 0.3) is 0 Å². The highest BCUT2D eigenvalue weighted by Gasteiger charge is 2.70. The van der Waals surface area contributed by atoms with Gasteiger partial charge in [-0.1, -0.05) is 55.4 Å². The van der Waals surface area contributed by atoms with E-state index in [0.29, 0.717) is 63.1 Å². The van der Waals surface area contributed by atoms with Crippen LogP contribution in [-0.4, -0.2) is 119 Å². The Kier molecular flexibility index (Phi) is 14.4. The summed E-state index contributed by atoms with van der Waals surface area (Å²) in [5.74, 6) is 1.46. The predicted octanol–water partition coefficient (Wildman–Crippen LogP) is 7.91. The topological polar surface area (TPSA) is 150 Å². The average molecular weight is 899 g/mol. The van der Waals surface area contributed by atoms with E-state index in [1.165, 1.54) is 0 Å². The number of rotatable bonds is 10. The molecule has 2 heterocycles. The van der Waals surface area contributed by atoms with Crippen molar-refractivity contribution in [3.05, 3.63) is 0 Å². The summed E-state index contributed by atoms with van der Waals surface area (Å²) in [5, 5.41) is 14.1. The molecule has 0 aromatic rings. The zero-order chi connectivity index (χ0) is 46.8. The number of Topliss-reactive ketones (excluding diaryl/α,β-unsaturated/α-hetero) is 2. The van der Waals surface area contributed by atoms with Gasteiger partial charge in [0.1, 0.15) is 17.7 Å². The molecule has 12 heteroatoms. The molecule has 6 bridgehead atoms. The first-order chi connectivity index (χ1) is 30.2. The highest BCUT2D eigenvalue weighted by Crippen LogP contribution is 2.70. The molecule has 6 aliphatic carbocycles. The van der Waals surface area contributed by atoms with E-state index in [1.807, 2.05) is 6.92 Å². The Bertz CT molecular complexity index is 1740. The fourth-order valence-electron chi connectivity index (χ4n) is 16.7. The number of ether oxygens (including phenoxy) is 5. The maximum absolute atomic E-state index is 14.3. The smallest absolute Gasteiger partial charge is 0.414 e. The number of carbonyl (C=O) groups is 4. The van der Waals surface area contributed by atoms with Gasteiger partial charge in [-0.15, -0.1) is 0 Å². The summed E-state index contributed by atoms with van der Waals surface area (Å²) in [7, 11) is 6.91. The van der Waals surface area contributed by atoms with E-state index in [4.69, 9.17) is 23.7 Å². The molecule has 2 aliphatic heterocycles. The third-order valence-corrected chi connectivity index (χ3v) is 21.2. The number of piperidine rings is 1. The number of aliphatic hydroxyl groups excluding tert-OH is 1. The lowest BCUT2D eigenvalue weighted by molar-refractivity contribution is -0.193. The van der Waals surface area contributed by atoms with Gasteiger partial charge in [0.2, 0.25) is 5.91 Å². The largest absolute Gasteiger partial charge is 0.445 e. The van der Waals surface area contributed by atoms with Crippen LogP contribution in [0.2, 0.25) is 0 Å². The predicted molar refractivity (Wildman–Crippen MR) is 244 cm³/mol. The highest BCUT2D eigenvalue weighted by molar-refractivity contribution is 5.94. The summed E-state index contributed by atoms with van der Waals surface area (Å²) in [6, 6.07) is 0. The molecule has 8 fully saturated rings. The number of carbonyl (C=O) groups excluding carboxylic acids is 4. The van der Waals surface area contributed by atoms with E-state index in [2.05, 4.69) is 58.7 Å². The van der Waals surface area contributed by atoms with Crippen LogP contribution in [0.4, 0.5) is 4.79 Å². The van der Waals surface area contributed by atoms with Crippen molar-refractivity contribution >= 4 is 23.6 Å². The Labute approximate surface area is 385 Å². The third kappa shape index (κ3) is 7.87. The van der Waals surface area contributed by atoms with Gasteiger partial charge in [-0.05, 0) is 125 Å². The van der Waals surface area contributed by atoms with Crippen molar-refractivity contribution < 1.29 is 48.0 Å². The van der Waals surface area contributed by atoms with Crippen LogP contribution in [0.5, 0.6) is 0 Å². The summed E-state index contributed by atoms with van der Waals surface area (Å²) >= 11 is 0. The lowest BCUT2D eigenvalue weighted by Gasteiger charge is -2.61. The van der Waals surface area contributed by atoms with Gasteiger partial charge in [-0.2, -0.15) is 0 Å². The van der Waals surface area contributed by atoms with E-state index in [0.717, 1.165) is 70.9 Å². The van der Waals surface area contributed by atoms with Gasteiger partial charge >= 0.3 is 6.09 Å². The first-order valence-corrected chi connectivity index (χ1v) is 25.2. The summed E-state index contributed by atoms with van der Waals surface area (Å²) in [6.07, 6.45) is 9.73. The molecule has 8 rings (SSSR count). The number of imide groups is 1. The molecule has 64 heavy (non-hydrogen) atoms. The molecule has 0 spiro atoms. The van der Waals surface area contributed by atoms with Gasteiger partial charge in [0, 0.05) is 94.2 Å². The maximum atomic E-state index is 14.3. The lowest BCUT2D eigenvalue weighted by Crippen LogP contribution is -2.63. The van der Waals surface area contributed by atoms with E-state index in [9.17, 15) is 24.3 Å². The van der Waals surface area contributed by atoms with Crippen molar-refractivity contribution in [1.82, 2.24) is 10.2 Å². The van der Waals surface area contributed by atoms with Gasteiger partial charge in [0.05, 0.1) is 24.2 Å². The molecule has 364 valence electrons. The number of nitrogens with zero attached hydrogens (tertiary/aromatic N) is 1. The Morgan fingerprint density at radius 1 is 0.688 bits per heavy atom. The van der Waals surface area contributed by atoms with Crippen LogP contribution in [0.15, 0.2) is 0 Å². The second kappa shape index (κ2) is 18.5. The number of fused-ring (bicyclic) bond motifs is 2. The minimum Gasteiger partial charge on any atom is -0.445 e. The summed E-state index contributed by atoms with van der Waals surface area (Å²) in [4.78, 5) is 56.7.